The second-order valence-electron chi connectivity index (χ2n) is 2.81. The molecular weight excluding hydrogens is 202 g/mol. The van der Waals surface area contributed by atoms with E-state index in [0.717, 1.165) is 6.92 Å². The van der Waals surface area contributed by atoms with Crippen molar-refractivity contribution in [3.05, 3.63) is 0 Å². The summed E-state index contributed by atoms with van der Waals surface area (Å²) in [6.07, 6.45) is 0. The molecule has 0 aliphatic heterocycles. The molecule has 0 heterocycles. The molecule has 2 N–H and O–H groups in total. The lowest BCUT2D eigenvalue weighted by molar-refractivity contribution is -0.158. The summed E-state index contributed by atoms with van der Waals surface area (Å²) in [7, 11) is 1.45. The Morgan fingerprint density at radius 3 is 2.27 bits per heavy atom. The van der Waals surface area contributed by atoms with Gasteiger partial charge in [0.2, 0.25) is 5.91 Å². The number of amides is 1. The number of nitrogens with zero attached hydrogens (tertiary/aromatic N) is 2. The molecule has 0 aromatic heterocycles. The Morgan fingerprint density at radius 2 is 1.87 bits per heavy atom. The zero-order valence-corrected chi connectivity index (χ0v) is 8.81. The number of carbonyl (C=O) groups excluding carboxylic acids is 3. The monoisotopic (exact) mass is 215 g/mol. The van der Waals surface area contributed by atoms with Gasteiger partial charge in [0.15, 0.2) is 5.96 Å². The molecule has 0 saturated carbocycles. The maximum Gasteiger partial charge on any atom is 0.333 e. The van der Waals surface area contributed by atoms with Gasteiger partial charge in [0.05, 0.1) is 0 Å². The highest BCUT2D eigenvalue weighted by atomic mass is 16.6. The molecule has 0 aromatic rings. The summed E-state index contributed by atoms with van der Waals surface area (Å²) in [6, 6.07) is 0. The average molecular weight is 215 g/mol. The average Bonchev–Trinajstić information content (AvgIpc) is 2.00. The van der Waals surface area contributed by atoms with Crippen LogP contribution in [0.5, 0.6) is 0 Å². The van der Waals surface area contributed by atoms with Gasteiger partial charge in [-0.2, -0.15) is 4.99 Å². The van der Waals surface area contributed by atoms with Crippen LogP contribution in [0.1, 0.15) is 13.8 Å². The van der Waals surface area contributed by atoms with E-state index in [-0.39, 0.29) is 12.5 Å². The third kappa shape index (κ3) is 6.19. The van der Waals surface area contributed by atoms with Crippen molar-refractivity contribution in [2.24, 2.45) is 10.7 Å². The quantitative estimate of drug-likeness (QED) is 0.270. The normalized spacial score (nSPS) is 10.7. The van der Waals surface area contributed by atoms with Crippen LogP contribution in [0.15, 0.2) is 4.99 Å². The van der Waals surface area contributed by atoms with Gasteiger partial charge in [-0.25, -0.2) is 4.79 Å². The molecule has 0 saturated heterocycles. The molecule has 0 spiro atoms. The number of hydrogen-bond donors (Lipinski definition) is 1. The standard InChI is InChI=1S/C8H13N3O4/c1-5(12)10-8(9)11(3)4-7(14)15-6(2)13/h4H2,1-3H3,(H2,9,10,12). The first kappa shape index (κ1) is 13.1. The molecule has 84 valence electrons. The maximum absolute atomic E-state index is 11.0. The fraction of sp³-hybridized carbons (Fsp3) is 0.500. The molecule has 0 bridgehead atoms. The molecule has 0 aromatic carbocycles. The van der Waals surface area contributed by atoms with Gasteiger partial charge >= 0.3 is 11.9 Å². The minimum Gasteiger partial charge on any atom is -0.392 e. The summed E-state index contributed by atoms with van der Waals surface area (Å²) in [4.78, 5) is 36.5. The van der Waals surface area contributed by atoms with Crippen LogP contribution in [-0.4, -0.2) is 42.3 Å². The summed E-state index contributed by atoms with van der Waals surface area (Å²) in [5.74, 6) is -2.04. The van der Waals surface area contributed by atoms with Crippen LogP contribution in [0.4, 0.5) is 0 Å². The van der Waals surface area contributed by atoms with E-state index in [2.05, 4.69) is 9.73 Å². The minimum atomic E-state index is -0.758. The Morgan fingerprint density at radius 1 is 1.33 bits per heavy atom. The summed E-state index contributed by atoms with van der Waals surface area (Å²) in [6.45, 7) is 2.10. The summed E-state index contributed by atoms with van der Waals surface area (Å²) in [5, 5.41) is 0. The number of ether oxygens (including phenoxy) is 1. The van der Waals surface area contributed by atoms with Crippen molar-refractivity contribution in [3.63, 3.8) is 0 Å². The summed E-state index contributed by atoms with van der Waals surface area (Å²) >= 11 is 0. The molecule has 0 aliphatic rings. The SMILES string of the molecule is CC(=O)/N=C(/N)N(C)CC(=O)OC(C)=O. The highest BCUT2D eigenvalue weighted by Crippen LogP contribution is 1.87. The van der Waals surface area contributed by atoms with E-state index in [0.29, 0.717) is 0 Å². The van der Waals surface area contributed by atoms with E-state index in [4.69, 9.17) is 5.73 Å². The predicted molar refractivity (Wildman–Crippen MR) is 51.7 cm³/mol. The topological polar surface area (TPSA) is 102 Å². The maximum atomic E-state index is 11.0. The number of carbonyl (C=O) groups is 3. The van der Waals surface area contributed by atoms with Gasteiger partial charge in [0.1, 0.15) is 6.54 Å². The Kier molecular flexibility index (Phi) is 5.00. The summed E-state index contributed by atoms with van der Waals surface area (Å²) < 4.78 is 4.26. The third-order valence-electron chi connectivity index (χ3n) is 1.29. The van der Waals surface area contributed by atoms with E-state index in [1.165, 1.54) is 18.9 Å². The van der Waals surface area contributed by atoms with Crippen molar-refractivity contribution in [2.75, 3.05) is 13.6 Å². The Balaban J connectivity index is 4.24. The molecule has 0 fully saturated rings. The molecule has 7 nitrogen and oxygen atoms in total. The predicted octanol–water partition coefficient (Wildman–Crippen LogP) is -1.13. The first-order valence-corrected chi connectivity index (χ1v) is 4.10. The number of rotatable bonds is 2. The molecule has 0 rings (SSSR count). The van der Waals surface area contributed by atoms with Crippen LogP contribution in [0.25, 0.3) is 0 Å². The molecule has 15 heavy (non-hydrogen) atoms. The van der Waals surface area contributed by atoms with E-state index in [9.17, 15) is 14.4 Å². The smallest absolute Gasteiger partial charge is 0.333 e. The number of esters is 2. The lowest BCUT2D eigenvalue weighted by Crippen LogP contribution is -2.39. The van der Waals surface area contributed by atoms with E-state index >= 15 is 0 Å². The second-order valence-corrected chi connectivity index (χ2v) is 2.81. The van der Waals surface area contributed by atoms with Crippen molar-refractivity contribution < 1.29 is 19.1 Å². The molecule has 1 amide bonds. The van der Waals surface area contributed by atoms with Gasteiger partial charge in [-0.15, -0.1) is 0 Å². The number of likely N-dealkylation sites (N-methyl/N-ethyl adjacent to an activating group) is 1. The molecule has 0 aliphatic carbocycles. The molecular formula is C8H13N3O4. The zero-order chi connectivity index (χ0) is 12.0. The van der Waals surface area contributed by atoms with Gasteiger partial charge in [0.25, 0.3) is 0 Å². The van der Waals surface area contributed by atoms with Gasteiger partial charge in [-0.05, 0) is 0 Å². The molecule has 0 atom stereocenters. The Labute approximate surface area is 86.9 Å². The van der Waals surface area contributed by atoms with Crippen LogP contribution in [-0.2, 0) is 19.1 Å². The van der Waals surface area contributed by atoms with Crippen molar-refractivity contribution in [2.45, 2.75) is 13.8 Å². The van der Waals surface area contributed by atoms with Crippen LogP contribution in [0.2, 0.25) is 0 Å². The lowest BCUT2D eigenvalue weighted by atomic mass is 10.5. The number of hydrogen-bond acceptors (Lipinski definition) is 4. The molecule has 7 heteroatoms. The highest BCUT2D eigenvalue weighted by Gasteiger charge is 2.11. The number of guanidine groups is 1. The first-order valence-electron chi connectivity index (χ1n) is 4.10. The Bertz CT molecular complexity index is 311. The van der Waals surface area contributed by atoms with Gasteiger partial charge in [0, 0.05) is 20.9 Å². The number of nitrogens with two attached hydrogens (primary N) is 1. The van der Waals surface area contributed by atoms with E-state index in [1.54, 1.807) is 0 Å². The van der Waals surface area contributed by atoms with Crippen molar-refractivity contribution in [1.82, 2.24) is 4.90 Å². The fourth-order valence-electron chi connectivity index (χ4n) is 0.714. The van der Waals surface area contributed by atoms with Crippen LogP contribution in [0.3, 0.4) is 0 Å². The van der Waals surface area contributed by atoms with E-state index < -0.39 is 17.8 Å². The van der Waals surface area contributed by atoms with Crippen LogP contribution in [0, 0.1) is 0 Å². The highest BCUT2D eigenvalue weighted by molar-refractivity contribution is 5.93. The van der Waals surface area contributed by atoms with Crippen molar-refractivity contribution in [3.8, 4) is 0 Å². The lowest BCUT2D eigenvalue weighted by Gasteiger charge is -2.15. The largest absolute Gasteiger partial charge is 0.392 e. The zero-order valence-electron chi connectivity index (χ0n) is 8.81. The second kappa shape index (κ2) is 5.74. The molecule has 0 radical (unpaired) electrons. The van der Waals surface area contributed by atoms with Crippen LogP contribution >= 0.6 is 0 Å². The van der Waals surface area contributed by atoms with Crippen molar-refractivity contribution >= 4 is 23.8 Å². The Hall–Kier alpha value is -1.92. The third-order valence-corrected chi connectivity index (χ3v) is 1.29. The number of aliphatic imine (C=N–C) groups is 1. The minimum absolute atomic E-state index is 0.108. The van der Waals surface area contributed by atoms with Crippen LogP contribution < -0.4 is 5.73 Å². The van der Waals surface area contributed by atoms with E-state index in [1.807, 2.05) is 0 Å². The first-order chi connectivity index (χ1) is 6.82. The van der Waals surface area contributed by atoms with Gasteiger partial charge < -0.3 is 15.4 Å². The fourth-order valence-corrected chi connectivity index (χ4v) is 0.714. The van der Waals surface area contributed by atoms with Gasteiger partial charge in [-0.1, -0.05) is 0 Å². The summed E-state index contributed by atoms with van der Waals surface area (Å²) in [5.41, 5.74) is 5.36. The molecule has 0 unspecified atom stereocenters. The van der Waals surface area contributed by atoms with Crippen molar-refractivity contribution in [1.29, 1.82) is 0 Å². The van der Waals surface area contributed by atoms with Gasteiger partial charge in [-0.3, -0.25) is 9.59 Å².